The summed E-state index contributed by atoms with van der Waals surface area (Å²) in [5.74, 6) is -1.02. The zero-order valence-corrected chi connectivity index (χ0v) is 19.6. The maximum absolute atomic E-state index is 12.8. The van der Waals surface area contributed by atoms with Crippen molar-refractivity contribution in [1.29, 1.82) is 0 Å². The van der Waals surface area contributed by atoms with Gasteiger partial charge >= 0.3 is 12.1 Å². The van der Waals surface area contributed by atoms with Gasteiger partial charge in [0.25, 0.3) is 5.91 Å². The third kappa shape index (κ3) is 7.27. The minimum atomic E-state index is -4.53. The van der Waals surface area contributed by atoms with Crippen LogP contribution >= 0.6 is 23.2 Å². The Morgan fingerprint density at radius 2 is 1.71 bits per heavy atom. The number of methoxy groups -OCH3 is 1. The van der Waals surface area contributed by atoms with E-state index in [2.05, 4.69) is 5.32 Å². The lowest BCUT2D eigenvalue weighted by molar-refractivity contribution is -0.137. The number of esters is 1. The Kier molecular flexibility index (Phi) is 8.48. The van der Waals surface area contributed by atoms with Gasteiger partial charge in [0, 0.05) is 5.69 Å². The number of rotatable bonds is 8. The van der Waals surface area contributed by atoms with Crippen LogP contribution < -0.4 is 14.8 Å². The topological polar surface area (TPSA) is 73.9 Å². The van der Waals surface area contributed by atoms with Crippen LogP contribution in [0.4, 0.5) is 18.9 Å². The highest BCUT2D eigenvalue weighted by molar-refractivity contribution is 6.42. The number of benzene rings is 3. The molecule has 0 fully saturated rings. The summed E-state index contributed by atoms with van der Waals surface area (Å²) in [6.45, 7) is -0.542. The standard InChI is InChI=1S/C24H18Cl2F3NO5/c1-33-21-10-15(23(32)35-12-14-5-7-18(25)19(26)9-14)6-8-20(21)34-13-22(31)30-17-4-2-3-16(11-17)24(27,28)29/h2-11H,12-13H2,1H3,(H,30,31). The fourth-order valence-corrected chi connectivity index (χ4v) is 3.21. The van der Waals surface area contributed by atoms with E-state index in [9.17, 15) is 22.8 Å². The third-order valence-electron chi connectivity index (χ3n) is 4.59. The number of carbonyl (C=O) groups excluding carboxylic acids is 2. The molecule has 0 bridgehead atoms. The van der Waals surface area contributed by atoms with Crippen LogP contribution in [0.2, 0.25) is 10.0 Å². The maximum atomic E-state index is 12.8. The number of anilines is 1. The summed E-state index contributed by atoms with van der Waals surface area (Å²) in [6, 6.07) is 13.3. The van der Waals surface area contributed by atoms with Gasteiger partial charge in [-0.05, 0) is 54.1 Å². The average molecular weight is 528 g/mol. The lowest BCUT2D eigenvalue weighted by Gasteiger charge is -2.13. The Balaban J connectivity index is 1.59. The summed E-state index contributed by atoms with van der Waals surface area (Å²) >= 11 is 11.8. The van der Waals surface area contributed by atoms with Crippen LogP contribution in [-0.4, -0.2) is 25.6 Å². The number of carbonyl (C=O) groups is 2. The number of ether oxygens (including phenoxy) is 3. The molecule has 0 aliphatic heterocycles. The molecule has 0 aliphatic carbocycles. The monoisotopic (exact) mass is 527 g/mol. The minimum absolute atomic E-state index is 0.0274. The van der Waals surface area contributed by atoms with E-state index in [4.69, 9.17) is 37.4 Å². The van der Waals surface area contributed by atoms with Crippen molar-refractivity contribution in [1.82, 2.24) is 0 Å². The molecule has 0 saturated heterocycles. The molecule has 0 unspecified atom stereocenters. The van der Waals surface area contributed by atoms with Crippen molar-refractivity contribution in [2.24, 2.45) is 0 Å². The molecule has 0 spiro atoms. The second-order valence-corrected chi connectivity index (χ2v) is 7.92. The molecular formula is C24H18Cl2F3NO5. The van der Waals surface area contributed by atoms with Gasteiger partial charge in [0.15, 0.2) is 18.1 Å². The predicted octanol–water partition coefficient (Wildman–Crippen LogP) is 6.40. The van der Waals surface area contributed by atoms with Crippen LogP contribution in [0, 0.1) is 0 Å². The molecule has 184 valence electrons. The first-order valence-corrected chi connectivity index (χ1v) is 10.7. The summed E-state index contributed by atoms with van der Waals surface area (Å²) in [6.07, 6.45) is -4.53. The van der Waals surface area contributed by atoms with Gasteiger partial charge in [0.05, 0.1) is 28.3 Å². The number of amides is 1. The maximum Gasteiger partial charge on any atom is 0.416 e. The Bertz CT molecular complexity index is 1230. The predicted molar refractivity (Wildman–Crippen MR) is 124 cm³/mol. The number of alkyl halides is 3. The molecule has 3 rings (SSSR count). The van der Waals surface area contributed by atoms with Gasteiger partial charge in [-0.15, -0.1) is 0 Å². The van der Waals surface area contributed by atoms with Crippen molar-refractivity contribution < 1.29 is 37.0 Å². The lowest BCUT2D eigenvalue weighted by Crippen LogP contribution is -2.20. The molecule has 3 aromatic carbocycles. The van der Waals surface area contributed by atoms with Crippen LogP contribution in [0.5, 0.6) is 11.5 Å². The number of hydrogen-bond donors (Lipinski definition) is 1. The molecule has 0 atom stereocenters. The van der Waals surface area contributed by atoms with E-state index >= 15 is 0 Å². The van der Waals surface area contributed by atoms with E-state index in [0.717, 1.165) is 12.1 Å². The molecule has 11 heteroatoms. The smallest absolute Gasteiger partial charge is 0.416 e. The summed E-state index contributed by atoms with van der Waals surface area (Å²) in [5.41, 5.74) is -0.103. The second kappa shape index (κ2) is 11.3. The molecule has 0 saturated carbocycles. The Morgan fingerprint density at radius 3 is 2.40 bits per heavy atom. The largest absolute Gasteiger partial charge is 0.493 e. The van der Waals surface area contributed by atoms with E-state index in [1.54, 1.807) is 18.2 Å². The van der Waals surface area contributed by atoms with Gasteiger partial charge in [-0.1, -0.05) is 35.3 Å². The van der Waals surface area contributed by atoms with E-state index in [0.29, 0.717) is 15.6 Å². The number of hydrogen-bond acceptors (Lipinski definition) is 5. The Labute approximate surface area is 208 Å². The molecule has 0 aromatic heterocycles. The van der Waals surface area contributed by atoms with Gasteiger partial charge in [0.2, 0.25) is 0 Å². The summed E-state index contributed by atoms with van der Waals surface area (Å²) in [7, 11) is 1.34. The van der Waals surface area contributed by atoms with Crippen molar-refractivity contribution in [2.75, 3.05) is 19.0 Å². The highest BCUT2D eigenvalue weighted by atomic mass is 35.5. The zero-order chi connectivity index (χ0) is 25.6. The first-order valence-electron chi connectivity index (χ1n) is 9.96. The van der Waals surface area contributed by atoms with E-state index in [1.807, 2.05) is 0 Å². The van der Waals surface area contributed by atoms with E-state index in [-0.39, 0.29) is 29.4 Å². The molecule has 6 nitrogen and oxygen atoms in total. The molecule has 0 heterocycles. The van der Waals surface area contributed by atoms with Crippen molar-refractivity contribution in [3.63, 3.8) is 0 Å². The Morgan fingerprint density at radius 1 is 0.943 bits per heavy atom. The highest BCUT2D eigenvalue weighted by Crippen LogP contribution is 2.31. The lowest BCUT2D eigenvalue weighted by atomic mass is 10.2. The van der Waals surface area contributed by atoms with Gasteiger partial charge in [-0.3, -0.25) is 4.79 Å². The number of halogens is 5. The quantitative estimate of drug-likeness (QED) is 0.343. The normalized spacial score (nSPS) is 11.0. The van der Waals surface area contributed by atoms with Crippen molar-refractivity contribution in [2.45, 2.75) is 12.8 Å². The van der Waals surface area contributed by atoms with Gasteiger partial charge in [-0.25, -0.2) is 4.79 Å². The van der Waals surface area contributed by atoms with Crippen LogP contribution in [0.15, 0.2) is 60.7 Å². The molecule has 35 heavy (non-hydrogen) atoms. The minimum Gasteiger partial charge on any atom is -0.493 e. The van der Waals surface area contributed by atoms with Crippen LogP contribution in [0.25, 0.3) is 0 Å². The zero-order valence-electron chi connectivity index (χ0n) is 18.1. The SMILES string of the molecule is COc1cc(C(=O)OCc2ccc(Cl)c(Cl)c2)ccc1OCC(=O)Nc1cccc(C(F)(F)F)c1. The summed E-state index contributed by atoms with van der Waals surface area (Å²) in [5, 5.41) is 3.05. The fourth-order valence-electron chi connectivity index (χ4n) is 2.89. The van der Waals surface area contributed by atoms with Crippen LogP contribution in [-0.2, 0) is 22.3 Å². The molecule has 0 aliphatic rings. The molecular weight excluding hydrogens is 510 g/mol. The highest BCUT2D eigenvalue weighted by Gasteiger charge is 2.30. The third-order valence-corrected chi connectivity index (χ3v) is 5.32. The Hall–Kier alpha value is -3.43. The van der Waals surface area contributed by atoms with Crippen molar-refractivity contribution >= 4 is 40.8 Å². The van der Waals surface area contributed by atoms with Crippen LogP contribution in [0.3, 0.4) is 0 Å². The van der Waals surface area contributed by atoms with E-state index in [1.165, 1.54) is 37.4 Å². The number of nitrogens with one attached hydrogen (secondary N) is 1. The first kappa shape index (κ1) is 26.2. The molecule has 0 radical (unpaired) electrons. The fraction of sp³-hybridized carbons (Fsp3) is 0.167. The van der Waals surface area contributed by atoms with Gasteiger partial charge in [0.1, 0.15) is 6.61 Å². The van der Waals surface area contributed by atoms with E-state index < -0.39 is 30.2 Å². The summed E-state index contributed by atoms with van der Waals surface area (Å²) < 4.78 is 54.3. The van der Waals surface area contributed by atoms with Gasteiger partial charge < -0.3 is 19.5 Å². The molecule has 1 N–H and O–H groups in total. The van der Waals surface area contributed by atoms with Crippen LogP contribution in [0.1, 0.15) is 21.5 Å². The van der Waals surface area contributed by atoms with Crippen molar-refractivity contribution in [3.05, 3.63) is 87.4 Å². The van der Waals surface area contributed by atoms with Crippen molar-refractivity contribution in [3.8, 4) is 11.5 Å². The summed E-state index contributed by atoms with van der Waals surface area (Å²) in [4.78, 5) is 24.5. The second-order valence-electron chi connectivity index (χ2n) is 7.11. The average Bonchev–Trinajstić information content (AvgIpc) is 2.82. The first-order chi connectivity index (χ1) is 16.6. The molecule has 1 amide bonds. The molecule has 3 aromatic rings. The van der Waals surface area contributed by atoms with Gasteiger partial charge in [-0.2, -0.15) is 13.2 Å².